The molecule has 2 heterocycles. The minimum absolute atomic E-state index is 0.00330. The summed E-state index contributed by atoms with van der Waals surface area (Å²) in [6.45, 7) is -0.394. The number of carboxylic acids is 1. The fourth-order valence-electron chi connectivity index (χ4n) is 0.959. The topological polar surface area (TPSA) is 146 Å². The van der Waals surface area contributed by atoms with Crippen molar-refractivity contribution in [3.8, 4) is 11.5 Å². The Kier molecular flexibility index (Phi) is 2.00. The van der Waals surface area contributed by atoms with Crippen molar-refractivity contribution in [3.63, 3.8) is 0 Å². The zero-order valence-electron chi connectivity index (χ0n) is 7.23. The van der Waals surface area contributed by atoms with Gasteiger partial charge in [-0.05, 0) is 20.7 Å². The zero-order valence-corrected chi connectivity index (χ0v) is 7.23. The van der Waals surface area contributed by atoms with E-state index in [1.54, 1.807) is 0 Å². The lowest BCUT2D eigenvalue weighted by Crippen LogP contribution is -2.12. The van der Waals surface area contributed by atoms with Gasteiger partial charge >= 0.3 is 5.97 Å². The number of rotatable bonds is 3. The molecule has 0 atom stereocenters. The summed E-state index contributed by atoms with van der Waals surface area (Å²) in [5, 5.41) is 25.7. The lowest BCUT2D eigenvalue weighted by molar-refractivity contribution is -0.137. The Balaban J connectivity index is 2.41. The second-order valence-corrected chi connectivity index (χ2v) is 2.55. The average molecular weight is 211 g/mol. The van der Waals surface area contributed by atoms with E-state index in [1.807, 2.05) is 0 Å². The van der Waals surface area contributed by atoms with Crippen LogP contribution in [0.4, 0.5) is 5.82 Å². The summed E-state index contributed by atoms with van der Waals surface area (Å²) in [5.41, 5.74) is 5.52. The molecule has 10 heteroatoms. The summed E-state index contributed by atoms with van der Waals surface area (Å²) in [6.07, 6.45) is 0. The van der Waals surface area contributed by atoms with E-state index in [-0.39, 0.29) is 17.3 Å². The molecule has 0 amide bonds. The van der Waals surface area contributed by atoms with Crippen LogP contribution < -0.4 is 5.73 Å². The maximum absolute atomic E-state index is 10.5. The number of aromatic nitrogens is 6. The van der Waals surface area contributed by atoms with Gasteiger partial charge in [0.25, 0.3) is 0 Å². The van der Waals surface area contributed by atoms with Crippen LogP contribution in [-0.4, -0.2) is 41.6 Å². The minimum Gasteiger partial charge on any atom is -0.480 e. The van der Waals surface area contributed by atoms with Gasteiger partial charge in [0.05, 0.1) is 0 Å². The standard InChI is InChI=1S/C5H5N7O3/c6-4-3(8-15-9-4)5-7-10-11-12(5)1-2(13)14/h1H2,(H2,6,9)(H,13,14). The van der Waals surface area contributed by atoms with Gasteiger partial charge in [0, 0.05) is 0 Å². The Labute approximate surface area is 81.6 Å². The highest BCUT2D eigenvalue weighted by atomic mass is 16.6. The quantitative estimate of drug-likeness (QED) is 0.611. The molecule has 15 heavy (non-hydrogen) atoms. The largest absolute Gasteiger partial charge is 0.480 e. The predicted molar refractivity (Wildman–Crippen MR) is 43.2 cm³/mol. The first-order valence-corrected chi connectivity index (χ1v) is 3.75. The first-order chi connectivity index (χ1) is 7.18. The van der Waals surface area contributed by atoms with E-state index in [2.05, 4.69) is 30.5 Å². The van der Waals surface area contributed by atoms with Crippen molar-refractivity contribution < 1.29 is 14.5 Å². The maximum atomic E-state index is 10.5. The van der Waals surface area contributed by atoms with E-state index >= 15 is 0 Å². The van der Waals surface area contributed by atoms with Crippen LogP contribution in [0.15, 0.2) is 4.63 Å². The van der Waals surface area contributed by atoms with Gasteiger partial charge < -0.3 is 10.8 Å². The summed E-state index contributed by atoms with van der Waals surface area (Å²) in [5.74, 6) is -0.994. The Morgan fingerprint density at radius 3 is 2.93 bits per heavy atom. The van der Waals surface area contributed by atoms with E-state index in [0.717, 1.165) is 4.68 Å². The molecule has 0 radical (unpaired) electrons. The summed E-state index contributed by atoms with van der Waals surface area (Å²) in [6, 6.07) is 0. The van der Waals surface area contributed by atoms with E-state index < -0.39 is 12.5 Å². The Hall–Kier alpha value is -2.52. The van der Waals surface area contributed by atoms with Crippen LogP contribution in [-0.2, 0) is 11.3 Å². The monoisotopic (exact) mass is 211 g/mol. The summed E-state index contributed by atoms with van der Waals surface area (Å²) in [4.78, 5) is 10.5. The Morgan fingerprint density at radius 2 is 2.33 bits per heavy atom. The van der Waals surface area contributed by atoms with Crippen LogP contribution in [0, 0.1) is 0 Å². The van der Waals surface area contributed by atoms with Crippen LogP contribution >= 0.6 is 0 Å². The molecule has 0 saturated heterocycles. The molecule has 0 fully saturated rings. The van der Waals surface area contributed by atoms with Crippen molar-refractivity contribution in [1.82, 2.24) is 30.5 Å². The third kappa shape index (κ3) is 1.59. The summed E-state index contributed by atoms with van der Waals surface area (Å²) in [7, 11) is 0. The lowest BCUT2D eigenvalue weighted by atomic mass is 10.4. The summed E-state index contributed by atoms with van der Waals surface area (Å²) >= 11 is 0. The lowest BCUT2D eigenvalue weighted by Gasteiger charge is -1.96. The normalized spacial score (nSPS) is 10.4. The Morgan fingerprint density at radius 1 is 1.53 bits per heavy atom. The number of carboxylic acid groups (broad SMARTS) is 1. The molecule has 2 aromatic rings. The van der Waals surface area contributed by atoms with Crippen molar-refractivity contribution in [2.45, 2.75) is 6.54 Å². The van der Waals surface area contributed by atoms with Gasteiger partial charge in [-0.3, -0.25) is 4.79 Å². The average Bonchev–Trinajstić information content (AvgIpc) is 2.73. The van der Waals surface area contributed by atoms with Crippen molar-refractivity contribution in [1.29, 1.82) is 0 Å². The number of nitrogens with two attached hydrogens (primary N) is 1. The van der Waals surface area contributed by atoms with Gasteiger partial charge in [-0.15, -0.1) is 5.10 Å². The molecule has 0 aromatic carbocycles. The van der Waals surface area contributed by atoms with Crippen molar-refractivity contribution in [3.05, 3.63) is 0 Å². The molecule has 3 N–H and O–H groups in total. The number of hydrogen-bond donors (Lipinski definition) is 2. The van der Waals surface area contributed by atoms with Gasteiger partial charge in [-0.25, -0.2) is 9.31 Å². The summed E-state index contributed by atoms with van der Waals surface area (Å²) < 4.78 is 5.37. The highest BCUT2D eigenvalue weighted by Crippen LogP contribution is 2.17. The third-order valence-corrected chi connectivity index (χ3v) is 1.54. The molecule has 0 bridgehead atoms. The van der Waals surface area contributed by atoms with Crippen molar-refractivity contribution in [2.75, 3.05) is 5.73 Å². The highest BCUT2D eigenvalue weighted by Gasteiger charge is 2.18. The van der Waals surface area contributed by atoms with Gasteiger partial charge in [-0.1, -0.05) is 0 Å². The maximum Gasteiger partial charge on any atom is 0.325 e. The van der Waals surface area contributed by atoms with Crippen molar-refractivity contribution >= 4 is 11.8 Å². The molecule has 0 aliphatic heterocycles. The molecule has 2 aromatic heterocycles. The molecule has 0 unspecified atom stereocenters. The number of nitrogen functional groups attached to an aromatic ring is 1. The zero-order chi connectivity index (χ0) is 10.8. The molecular formula is C5H5N7O3. The second-order valence-electron chi connectivity index (χ2n) is 2.55. The van der Waals surface area contributed by atoms with E-state index in [9.17, 15) is 4.79 Å². The highest BCUT2D eigenvalue weighted by molar-refractivity contribution is 5.68. The number of anilines is 1. The smallest absolute Gasteiger partial charge is 0.325 e. The van der Waals surface area contributed by atoms with Gasteiger partial charge in [0.2, 0.25) is 5.82 Å². The van der Waals surface area contributed by atoms with Crippen LogP contribution in [0.1, 0.15) is 0 Å². The molecular weight excluding hydrogens is 206 g/mol. The Bertz CT molecular complexity index is 488. The molecule has 0 aliphatic rings. The molecule has 2 rings (SSSR count). The fourth-order valence-corrected chi connectivity index (χ4v) is 0.959. The molecule has 0 aliphatic carbocycles. The van der Waals surface area contributed by atoms with Crippen LogP contribution in [0.2, 0.25) is 0 Å². The number of hydrogen-bond acceptors (Lipinski definition) is 8. The van der Waals surface area contributed by atoms with Gasteiger partial charge in [0.1, 0.15) is 6.54 Å². The first kappa shape index (κ1) is 9.05. The van der Waals surface area contributed by atoms with Crippen molar-refractivity contribution in [2.24, 2.45) is 0 Å². The molecule has 0 spiro atoms. The molecule has 0 saturated carbocycles. The first-order valence-electron chi connectivity index (χ1n) is 3.75. The van der Waals surface area contributed by atoms with Gasteiger partial charge in [0.15, 0.2) is 11.5 Å². The minimum atomic E-state index is -1.08. The predicted octanol–water partition coefficient (Wildman–Crippen LogP) is -1.61. The molecule has 78 valence electrons. The van der Waals surface area contributed by atoms with E-state index in [0.29, 0.717) is 0 Å². The molecule has 10 nitrogen and oxygen atoms in total. The van der Waals surface area contributed by atoms with Crippen LogP contribution in [0.5, 0.6) is 0 Å². The SMILES string of the molecule is Nc1nonc1-c1nnnn1CC(=O)O. The van der Waals surface area contributed by atoms with E-state index in [4.69, 9.17) is 10.8 Å². The third-order valence-electron chi connectivity index (χ3n) is 1.54. The fraction of sp³-hybridized carbons (Fsp3) is 0.200. The number of nitrogens with zero attached hydrogens (tertiary/aromatic N) is 6. The number of carbonyl (C=O) groups is 1. The second kappa shape index (κ2) is 3.32. The number of aliphatic carboxylic acids is 1. The van der Waals surface area contributed by atoms with Crippen LogP contribution in [0.3, 0.4) is 0 Å². The number of tetrazole rings is 1. The van der Waals surface area contributed by atoms with Gasteiger partial charge in [-0.2, -0.15) is 0 Å². The van der Waals surface area contributed by atoms with E-state index in [1.165, 1.54) is 0 Å². The van der Waals surface area contributed by atoms with Crippen LogP contribution in [0.25, 0.3) is 11.5 Å².